The molecule has 0 amide bonds. The van der Waals surface area contributed by atoms with Crippen LogP contribution in [0.25, 0.3) is 0 Å². The minimum Gasteiger partial charge on any atom is -0.496 e. The number of rotatable bonds is 3. The van der Waals surface area contributed by atoms with Crippen LogP contribution in [0.15, 0.2) is 22.7 Å². The van der Waals surface area contributed by atoms with Crippen molar-refractivity contribution in [1.82, 2.24) is 0 Å². The predicted molar refractivity (Wildman–Crippen MR) is 63.3 cm³/mol. The fourth-order valence-corrected chi connectivity index (χ4v) is 2.00. The fourth-order valence-electron chi connectivity index (χ4n) is 1.62. The Kier molecular flexibility index (Phi) is 3.81. The van der Waals surface area contributed by atoms with E-state index >= 15 is 0 Å². The molecular formula is C11H14BrNO3. The van der Waals surface area contributed by atoms with Crippen molar-refractivity contribution >= 4 is 15.9 Å². The molecular weight excluding hydrogens is 274 g/mol. The second-order valence-electron chi connectivity index (χ2n) is 3.55. The average Bonchev–Trinajstić information content (AvgIpc) is 2.77. The van der Waals surface area contributed by atoms with Crippen LogP contribution in [0, 0.1) is 0 Å². The lowest BCUT2D eigenvalue weighted by molar-refractivity contribution is -0.0598. The topological polar surface area (TPSA) is 53.7 Å². The number of hydrogen-bond donors (Lipinski definition) is 1. The first-order chi connectivity index (χ1) is 7.74. The molecule has 1 heterocycles. The van der Waals surface area contributed by atoms with Gasteiger partial charge in [0.25, 0.3) is 0 Å². The molecule has 1 aliphatic heterocycles. The van der Waals surface area contributed by atoms with E-state index in [0.29, 0.717) is 13.2 Å². The summed E-state index contributed by atoms with van der Waals surface area (Å²) in [4.78, 5) is 0. The Morgan fingerprint density at radius 3 is 3.00 bits per heavy atom. The standard InChI is InChI=1S/C11H14BrNO3/c1-14-10-3-2-7(12)4-9(10)11-15-6-8(5-13)16-11/h2-4,8,11H,5-6,13H2,1H3. The van der Waals surface area contributed by atoms with Crippen molar-refractivity contribution in [3.8, 4) is 5.75 Å². The molecule has 5 heteroatoms. The van der Waals surface area contributed by atoms with E-state index in [2.05, 4.69) is 15.9 Å². The molecule has 0 saturated carbocycles. The summed E-state index contributed by atoms with van der Waals surface area (Å²) < 4.78 is 17.4. The number of halogens is 1. The van der Waals surface area contributed by atoms with Crippen LogP contribution in [0.1, 0.15) is 11.9 Å². The molecule has 16 heavy (non-hydrogen) atoms. The number of ether oxygens (including phenoxy) is 3. The quantitative estimate of drug-likeness (QED) is 0.922. The molecule has 1 fully saturated rings. The largest absolute Gasteiger partial charge is 0.496 e. The molecule has 0 aromatic heterocycles. The Bertz CT molecular complexity index is 372. The van der Waals surface area contributed by atoms with E-state index < -0.39 is 0 Å². The number of methoxy groups -OCH3 is 1. The zero-order chi connectivity index (χ0) is 11.5. The van der Waals surface area contributed by atoms with E-state index in [4.69, 9.17) is 19.9 Å². The zero-order valence-electron chi connectivity index (χ0n) is 8.98. The maximum absolute atomic E-state index is 5.65. The normalized spacial score (nSPS) is 24.7. The van der Waals surface area contributed by atoms with Gasteiger partial charge in [-0.05, 0) is 18.2 Å². The van der Waals surface area contributed by atoms with Crippen molar-refractivity contribution < 1.29 is 14.2 Å². The van der Waals surface area contributed by atoms with E-state index in [-0.39, 0.29) is 12.4 Å². The van der Waals surface area contributed by atoms with Gasteiger partial charge in [0.15, 0.2) is 6.29 Å². The van der Waals surface area contributed by atoms with Crippen LogP contribution in [-0.4, -0.2) is 26.4 Å². The van der Waals surface area contributed by atoms with E-state index in [1.54, 1.807) is 7.11 Å². The Balaban J connectivity index is 2.22. The lowest BCUT2D eigenvalue weighted by atomic mass is 10.2. The lowest BCUT2D eigenvalue weighted by Crippen LogP contribution is -2.21. The molecule has 88 valence electrons. The molecule has 0 bridgehead atoms. The molecule has 2 N–H and O–H groups in total. The molecule has 0 aliphatic carbocycles. The monoisotopic (exact) mass is 287 g/mol. The third kappa shape index (κ3) is 2.38. The number of nitrogens with two attached hydrogens (primary N) is 1. The molecule has 0 radical (unpaired) electrons. The van der Waals surface area contributed by atoms with Crippen LogP contribution in [0.4, 0.5) is 0 Å². The SMILES string of the molecule is COc1ccc(Br)cc1C1OCC(CN)O1. The van der Waals surface area contributed by atoms with Crippen LogP contribution < -0.4 is 10.5 Å². The number of benzene rings is 1. The van der Waals surface area contributed by atoms with Gasteiger partial charge in [0, 0.05) is 11.0 Å². The zero-order valence-corrected chi connectivity index (χ0v) is 10.6. The first-order valence-corrected chi connectivity index (χ1v) is 5.84. The highest BCUT2D eigenvalue weighted by Gasteiger charge is 2.28. The maximum Gasteiger partial charge on any atom is 0.188 e. The van der Waals surface area contributed by atoms with Crippen molar-refractivity contribution in [2.45, 2.75) is 12.4 Å². The minimum atomic E-state index is -0.388. The Morgan fingerprint density at radius 2 is 2.38 bits per heavy atom. The van der Waals surface area contributed by atoms with Crippen LogP contribution in [0.5, 0.6) is 5.75 Å². The second kappa shape index (κ2) is 5.14. The van der Waals surface area contributed by atoms with Gasteiger partial charge in [0.2, 0.25) is 0 Å². The van der Waals surface area contributed by atoms with Gasteiger partial charge in [0.1, 0.15) is 5.75 Å². The molecule has 2 rings (SSSR count). The fraction of sp³-hybridized carbons (Fsp3) is 0.455. The van der Waals surface area contributed by atoms with Gasteiger partial charge >= 0.3 is 0 Å². The van der Waals surface area contributed by atoms with Gasteiger partial charge in [-0.25, -0.2) is 0 Å². The Morgan fingerprint density at radius 1 is 1.56 bits per heavy atom. The average molecular weight is 288 g/mol. The van der Waals surface area contributed by atoms with Crippen molar-refractivity contribution in [2.75, 3.05) is 20.3 Å². The molecule has 2 atom stereocenters. The van der Waals surface area contributed by atoms with E-state index in [1.807, 2.05) is 18.2 Å². The summed E-state index contributed by atoms with van der Waals surface area (Å²) in [5.41, 5.74) is 6.41. The van der Waals surface area contributed by atoms with Gasteiger partial charge in [-0.1, -0.05) is 15.9 Å². The van der Waals surface area contributed by atoms with E-state index in [9.17, 15) is 0 Å². The summed E-state index contributed by atoms with van der Waals surface area (Å²) in [7, 11) is 1.63. The lowest BCUT2D eigenvalue weighted by Gasteiger charge is -2.14. The van der Waals surface area contributed by atoms with Gasteiger partial charge in [-0.15, -0.1) is 0 Å². The van der Waals surface area contributed by atoms with Crippen LogP contribution in [0.3, 0.4) is 0 Å². The maximum atomic E-state index is 5.65. The molecule has 2 unspecified atom stereocenters. The highest BCUT2D eigenvalue weighted by molar-refractivity contribution is 9.10. The molecule has 4 nitrogen and oxygen atoms in total. The smallest absolute Gasteiger partial charge is 0.188 e. The summed E-state index contributed by atoms with van der Waals surface area (Å²) in [6, 6.07) is 5.72. The number of hydrogen-bond acceptors (Lipinski definition) is 4. The highest BCUT2D eigenvalue weighted by atomic mass is 79.9. The third-order valence-corrected chi connectivity index (χ3v) is 2.95. The molecule has 1 aliphatic rings. The van der Waals surface area contributed by atoms with Crippen LogP contribution in [-0.2, 0) is 9.47 Å². The molecule has 0 spiro atoms. The molecule has 1 aromatic rings. The summed E-state index contributed by atoms with van der Waals surface area (Å²) in [6.07, 6.45) is -0.422. The minimum absolute atomic E-state index is 0.0336. The Labute approximate surface area is 103 Å². The Hall–Kier alpha value is -0.620. The van der Waals surface area contributed by atoms with Crippen molar-refractivity contribution in [3.63, 3.8) is 0 Å². The first kappa shape index (κ1) is 11.9. The van der Waals surface area contributed by atoms with Crippen LogP contribution >= 0.6 is 15.9 Å². The van der Waals surface area contributed by atoms with Crippen molar-refractivity contribution in [2.24, 2.45) is 5.73 Å². The van der Waals surface area contributed by atoms with Crippen molar-refractivity contribution in [1.29, 1.82) is 0 Å². The van der Waals surface area contributed by atoms with Gasteiger partial charge in [0.05, 0.1) is 25.4 Å². The predicted octanol–water partition coefficient (Wildman–Crippen LogP) is 1.83. The van der Waals surface area contributed by atoms with E-state index in [0.717, 1.165) is 15.8 Å². The van der Waals surface area contributed by atoms with Gasteiger partial charge < -0.3 is 19.9 Å². The van der Waals surface area contributed by atoms with Crippen molar-refractivity contribution in [3.05, 3.63) is 28.2 Å². The molecule has 1 saturated heterocycles. The van der Waals surface area contributed by atoms with Gasteiger partial charge in [-0.2, -0.15) is 0 Å². The highest BCUT2D eigenvalue weighted by Crippen LogP contribution is 2.34. The third-order valence-electron chi connectivity index (χ3n) is 2.46. The summed E-state index contributed by atoms with van der Waals surface area (Å²) in [5, 5.41) is 0. The summed E-state index contributed by atoms with van der Waals surface area (Å²) >= 11 is 3.41. The first-order valence-electron chi connectivity index (χ1n) is 5.05. The summed E-state index contributed by atoms with van der Waals surface area (Å²) in [5.74, 6) is 0.755. The second-order valence-corrected chi connectivity index (χ2v) is 4.46. The van der Waals surface area contributed by atoms with Crippen LogP contribution in [0.2, 0.25) is 0 Å². The summed E-state index contributed by atoms with van der Waals surface area (Å²) in [6.45, 7) is 0.990. The van der Waals surface area contributed by atoms with E-state index in [1.165, 1.54) is 0 Å². The molecule has 1 aromatic carbocycles. The van der Waals surface area contributed by atoms with Gasteiger partial charge in [-0.3, -0.25) is 0 Å².